The Hall–Kier alpha value is -0.570. The topological polar surface area (TPSA) is 46.3 Å². The van der Waals surface area contributed by atoms with Crippen LogP contribution in [0.1, 0.15) is 53.9 Å². The second-order valence-electron chi connectivity index (χ2n) is 6.83. The maximum atomic E-state index is 12.2. The molecule has 0 saturated carbocycles. The molecule has 100 valence electrons. The first-order valence-electron chi connectivity index (χ1n) is 6.74. The Morgan fingerprint density at radius 3 is 2.18 bits per heavy atom. The van der Waals surface area contributed by atoms with Crippen molar-refractivity contribution in [3.8, 4) is 0 Å². The van der Waals surface area contributed by atoms with Gasteiger partial charge in [0.25, 0.3) is 0 Å². The van der Waals surface area contributed by atoms with Crippen molar-refractivity contribution in [2.24, 2.45) is 16.6 Å². The van der Waals surface area contributed by atoms with E-state index >= 15 is 0 Å². The second-order valence-corrected chi connectivity index (χ2v) is 6.83. The first-order chi connectivity index (χ1) is 7.69. The average Bonchev–Trinajstić information content (AvgIpc) is 2.27. The fourth-order valence-electron chi connectivity index (χ4n) is 2.19. The van der Waals surface area contributed by atoms with E-state index in [2.05, 4.69) is 13.8 Å². The zero-order valence-electron chi connectivity index (χ0n) is 12.0. The van der Waals surface area contributed by atoms with Crippen LogP contribution in [0.5, 0.6) is 0 Å². The van der Waals surface area contributed by atoms with E-state index in [9.17, 15) is 4.79 Å². The minimum absolute atomic E-state index is 0.121. The van der Waals surface area contributed by atoms with Gasteiger partial charge < -0.3 is 10.6 Å². The van der Waals surface area contributed by atoms with E-state index in [0.717, 1.165) is 25.9 Å². The molecule has 1 saturated heterocycles. The van der Waals surface area contributed by atoms with Crippen molar-refractivity contribution >= 4 is 5.91 Å². The van der Waals surface area contributed by atoms with Crippen LogP contribution in [0.25, 0.3) is 0 Å². The van der Waals surface area contributed by atoms with E-state index in [4.69, 9.17) is 5.73 Å². The summed E-state index contributed by atoms with van der Waals surface area (Å²) < 4.78 is 0. The van der Waals surface area contributed by atoms with E-state index in [0.29, 0.717) is 5.41 Å². The maximum Gasteiger partial charge on any atom is 0.240 e. The monoisotopic (exact) mass is 240 g/mol. The van der Waals surface area contributed by atoms with Gasteiger partial charge in [0.1, 0.15) is 0 Å². The lowest BCUT2D eigenvalue weighted by atomic mass is 9.77. The van der Waals surface area contributed by atoms with Crippen LogP contribution < -0.4 is 5.73 Å². The summed E-state index contributed by atoms with van der Waals surface area (Å²) in [6, 6.07) is -0.381. The lowest BCUT2D eigenvalue weighted by molar-refractivity contribution is -0.137. The Morgan fingerprint density at radius 1 is 1.35 bits per heavy atom. The molecular formula is C14H28N2O. The molecule has 2 N–H and O–H groups in total. The molecule has 1 fully saturated rings. The third kappa shape index (κ3) is 3.44. The minimum atomic E-state index is -0.381. The van der Waals surface area contributed by atoms with Crippen LogP contribution in [0.4, 0.5) is 0 Å². The number of nitrogens with zero attached hydrogens (tertiary/aromatic N) is 1. The molecule has 0 aliphatic carbocycles. The summed E-state index contributed by atoms with van der Waals surface area (Å²) in [5, 5.41) is 0. The first kappa shape index (κ1) is 14.5. The van der Waals surface area contributed by atoms with Gasteiger partial charge in [-0.15, -0.1) is 0 Å². The molecule has 1 amide bonds. The fraction of sp³-hybridized carbons (Fsp3) is 0.929. The molecule has 17 heavy (non-hydrogen) atoms. The molecule has 0 radical (unpaired) electrons. The molecule has 3 heteroatoms. The summed E-state index contributed by atoms with van der Waals surface area (Å²) in [6.45, 7) is 12.4. The number of carbonyl (C=O) groups is 1. The lowest BCUT2D eigenvalue weighted by Gasteiger charge is -2.41. The average molecular weight is 240 g/mol. The highest BCUT2D eigenvalue weighted by Crippen LogP contribution is 2.34. The van der Waals surface area contributed by atoms with Gasteiger partial charge in [-0.25, -0.2) is 0 Å². The number of hydrogen-bond donors (Lipinski definition) is 1. The van der Waals surface area contributed by atoms with Gasteiger partial charge in [-0.1, -0.05) is 41.0 Å². The van der Waals surface area contributed by atoms with Gasteiger partial charge in [-0.05, 0) is 23.7 Å². The summed E-state index contributed by atoms with van der Waals surface area (Å²) in [5.41, 5.74) is 6.30. The summed E-state index contributed by atoms with van der Waals surface area (Å²) in [7, 11) is 0. The molecule has 0 unspecified atom stereocenters. The molecule has 0 bridgehead atoms. The van der Waals surface area contributed by atoms with Gasteiger partial charge in [0, 0.05) is 13.1 Å². The minimum Gasteiger partial charge on any atom is -0.341 e. The largest absolute Gasteiger partial charge is 0.341 e. The van der Waals surface area contributed by atoms with Crippen molar-refractivity contribution in [3.63, 3.8) is 0 Å². The molecule has 1 aliphatic heterocycles. The molecule has 0 spiro atoms. The van der Waals surface area contributed by atoms with Crippen molar-refractivity contribution in [2.45, 2.75) is 59.9 Å². The van der Waals surface area contributed by atoms with Gasteiger partial charge in [-0.2, -0.15) is 0 Å². The SMILES string of the molecule is CCC1(C)CCN(C(=O)[C@H](N)C(C)(C)C)CC1. The Morgan fingerprint density at radius 2 is 1.82 bits per heavy atom. The molecule has 1 aliphatic rings. The first-order valence-corrected chi connectivity index (χ1v) is 6.74. The van der Waals surface area contributed by atoms with E-state index in [-0.39, 0.29) is 17.4 Å². The maximum absolute atomic E-state index is 12.2. The van der Waals surface area contributed by atoms with E-state index in [1.165, 1.54) is 6.42 Å². The van der Waals surface area contributed by atoms with Crippen molar-refractivity contribution in [1.82, 2.24) is 4.90 Å². The van der Waals surface area contributed by atoms with Gasteiger partial charge in [0.05, 0.1) is 6.04 Å². The van der Waals surface area contributed by atoms with Gasteiger partial charge >= 0.3 is 0 Å². The predicted octanol–water partition coefficient (Wildman–Crippen LogP) is 2.40. The molecule has 3 nitrogen and oxygen atoms in total. The molecule has 1 atom stereocenters. The van der Waals surface area contributed by atoms with Crippen molar-refractivity contribution < 1.29 is 4.79 Å². The molecular weight excluding hydrogens is 212 g/mol. The summed E-state index contributed by atoms with van der Waals surface area (Å²) in [6.07, 6.45) is 3.40. The molecule has 0 aromatic heterocycles. The Kier molecular flexibility index (Phi) is 4.23. The van der Waals surface area contributed by atoms with E-state index < -0.39 is 0 Å². The zero-order chi connectivity index (χ0) is 13.3. The van der Waals surface area contributed by atoms with Crippen LogP contribution in [0.3, 0.4) is 0 Å². The number of nitrogens with two attached hydrogens (primary N) is 1. The smallest absolute Gasteiger partial charge is 0.240 e. The van der Waals surface area contributed by atoms with Crippen LogP contribution in [0.2, 0.25) is 0 Å². The van der Waals surface area contributed by atoms with Crippen molar-refractivity contribution in [1.29, 1.82) is 0 Å². The van der Waals surface area contributed by atoms with Gasteiger partial charge in [0.2, 0.25) is 5.91 Å². The summed E-state index contributed by atoms with van der Waals surface area (Å²) in [4.78, 5) is 14.2. The summed E-state index contributed by atoms with van der Waals surface area (Å²) >= 11 is 0. The molecule has 1 rings (SSSR count). The van der Waals surface area contributed by atoms with E-state index in [1.54, 1.807) is 0 Å². The van der Waals surface area contributed by atoms with E-state index in [1.807, 2.05) is 25.7 Å². The Labute approximate surface area is 106 Å². The van der Waals surface area contributed by atoms with Crippen LogP contribution in [0.15, 0.2) is 0 Å². The lowest BCUT2D eigenvalue weighted by Crippen LogP contribution is -2.53. The fourth-order valence-corrected chi connectivity index (χ4v) is 2.19. The van der Waals surface area contributed by atoms with Gasteiger partial charge in [-0.3, -0.25) is 4.79 Å². The normalized spacial score (nSPS) is 22.4. The van der Waals surface area contributed by atoms with Crippen LogP contribution in [0, 0.1) is 10.8 Å². The molecule has 0 aromatic rings. The van der Waals surface area contributed by atoms with Gasteiger partial charge in [0.15, 0.2) is 0 Å². The number of piperidine rings is 1. The molecule has 1 heterocycles. The highest BCUT2D eigenvalue weighted by atomic mass is 16.2. The quantitative estimate of drug-likeness (QED) is 0.805. The zero-order valence-corrected chi connectivity index (χ0v) is 12.0. The van der Waals surface area contributed by atoms with Crippen LogP contribution in [-0.2, 0) is 4.79 Å². The second kappa shape index (κ2) is 4.97. The van der Waals surface area contributed by atoms with Crippen LogP contribution >= 0.6 is 0 Å². The predicted molar refractivity (Wildman–Crippen MR) is 71.6 cm³/mol. The third-order valence-corrected chi connectivity index (χ3v) is 4.33. The van der Waals surface area contributed by atoms with Crippen LogP contribution in [-0.4, -0.2) is 29.9 Å². The highest BCUT2D eigenvalue weighted by molar-refractivity contribution is 5.82. The number of carbonyl (C=O) groups excluding carboxylic acids is 1. The summed E-state index contributed by atoms with van der Waals surface area (Å²) in [5.74, 6) is 0.121. The Balaban J connectivity index is 2.58. The highest BCUT2D eigenvalue weighted by Gasteiger charge is 2.35. The number of hydrogen-bond acceptors (Lipinski definition) is 2. The third-order valence-electron chi connectivity index (χ3n) is 4.33. The van der Waals surface area contributed by atoms with Crippen molar-refractivity contribution in [2.75, 3.05) is 13.1 Å². The number of likely N-dealkylation sites (tertiary alicyclic amines) is 1. The number of amides is 1. The molecule has 0 aromatic carbocycles. The van der Waals surface area contributed by atoms with Crippen molar-refractivity contribution in [3.05, 3.63) is 0 Å². The Bertz CT molecular complexity index is 272. The number of rotatable bonds is 2. The standard InChI is InChI=1S/C14H28N2O/c1-6-14(5)7-9-16(10-8-14)12(17)11(15)13(2,3)4/h11H,6-10,15H2,1-5H3/t11-/m0/s1.